The molecule has 0 aliphatic rings. The zero-order valence-electron chi connectivity index (χ0n) is 11.4. The maximum Gasteiger partial charge on any atom is 0.335 e. The van der Waals surface area contributed by atoms with E-state index in [9.17, 15) is 9.18 Å². The lowest BCUT2D eigenvalue weighted by Gasteiger charge is -2.11. The van der Waals surface area contributed by atoms with Crippen molar-refractivity contribution in [1.82, 2.24) is 0 Å². The lowest BCUT2D eigenvalue weighted by atomic mass is 10.1. The number of anilines is 1. The van der Waals surface area contributed by atoms with Crippen molar-refractivity contribution in [3.63, 3.8) is 0 Å². The summed E-state index contributed by atoms with van der Waals surface area (Å²) >= 11 is 0. The number of nitrogens with one attached hydrogen (secondary N) is 1. The Hall–Kier alpha value is -2.36. The number of carboxylic acid groups (broad SMARTS) is 1. The van der Waals surface area contributed by atoms with Gasteiger partial charge >= 0.3 is 5.97 Å². The van der Waals surface area contributed by atoms with E-state index in [1.54, 1.807) is 31.2 Å². The molecule has 20 heavy (non-hydrogen) atoms. The van der Waals surface area contributed by atoms with Gasteiger partial charge in [0.25, 0.3) is 0 Å². The average Bonchev–Trinajstić information content (AvgIpc) is 2.41. The second kappa shape index (κ2) is 5.74. The van der Waals surface area contributed by atoms with Gasteiger partial charge in [0.2, 0.25) is 0 Å². The highest BCUT2D eigenvalue weighted by Crippen LogP contribution is 2.18. The van der Waals surface area contributed by atoms with Crippen molar-refractivity contribution >= 4 is 11.7 Å². The van der Waals surface area contributed by atoms with E-state index in [1.165, 1.54) is 6.07 Å². The third kappa shape index (κ3) is 3.15. The Morgan fingerprint density at radius 2 is 1.90 bits per heavy atom. The Morgan fingerprint density at radius 3 is 2.50 bits per heavy atom. The van der Waals surface area contributed by atoms with Crippen molar-refractivity contribution < 1.29 is 14.3 Å². The summed E-state index contributed by atoms with van der Waals surface area (Å²) in [5.74, 6) is -1.16. The van der Waals surface area contributed by atoms with Crippen LogP contribution in [0.25, 0.3) is 0 Å². The standard InChI is InChI=1S/C16H16FNO2/c1-10-3-4-12(8-14(10)17)9-18-15-6-5-13(16(19)20)7-11(15)2/h3-8,18H,9H2,1-2H3,(H,19,20). The van der Waals surface area contributed by atoms with Gasteiger partial charge in [-0.3, -0.25) is 0 Å². The van der Waals surface area contributed by atoms with Gasteiger partial charge in [0.05, 0.1) is 5.56 Å². The second-order valence-corrected chi connectivity index (χ2v) is 4.77. The lowest BCUT2D eigenvalue weighted by molar-refractivity contribution is 0.0697. The molecule has 0 fully saturated rings. The highest BCUT2D eigenvalue weighted by atomic mass is 19.1. The van der Waals surface area contributed by atoms with Crippen molar-refractivity contribution in [1.29, 1.82) is 0 Å². The highest BCUT2D eigenvalue weighted by molar-refractivity contribution is 5.88. The van der Waals surface area contributed by atoms with Crippen LogP contribution in [0.2, 0.25) is 0 Å². The van der Waals surface area contributed by atoms with Gasteiger partial charge in [0.15, 0.2) is 0 Å². The van der Waals surface area contributed by atoms with Crippen LogP contribution in [0.1, 0.15) is 27.0 Å². The monoisotopic (exact) mass is 273 g/mol. The van der Waals surface area contributed by atoms with E-state index in [2.05, 4.69) is 5.32 Å². The molecule has 3 nitrogen and oxygen atoms in total. The Labute approximate surface area is 117 Å². The largest absolute Gasteiger partial charge is 0.478 e. The van der Waals surface area contributed by atoms with Crippen LogP contribution in [-0.4, -0.2) is 11.1 Å². The Bertz CT molecular complexity index is 653. The molecular formula is C16H16FNO2. The molecule has 0 aliphatic heterocycles. The van der Waals surface area contributed by atoms with E-state index in [-0.39, 0.29) is 11.4 Å². The first-order valence-corrected chi connectivity index (χ1v) is 6.30. The van der Waals surface area contributed by atoms with Gasteiger partial charge in [0.1, 0.15) is 5.82 Å². The fourth-order valence-corrected chi connectivity index (χ4v) is 1.94. The predicted molar refractivity (Wildman–Crippen MR) is 76.6 cm³/mol. The number of aryl methyl sites for hydroxylation is 2. The van der Waals surface area contributed by atoms with Crippen molar-refractivity contribution in [2.45, 2.75) is 20.4 Å². The average molecular weight is 273 g/mol. The van der Waals surface area contributed by atoms with Crippen LogP contribution >= 0.6 is 0 Å². The molecule has 0 radical (unpaired) electrons. The number of rotatable bonds is 4. The third-order valence-corrected chi connectivity index (χ3v) is 3.19. The molecule has 0 saturated heterocycles. The Balaban J connectivity index is 2.10. The summed E-state index contributed by atoms with van der Waals surface area (Å²) in [6.07, 6.45) is 0. The summed E-state index contributed by atoms with van der Waals surface area (Å²) in [7, 11) is 0. The number of carboxylic acids is 1. The van der Waals surface area contributed by atoms with Crippen LogP contribution in [0.4, 0.5) is 10.1 Å². The molecule has 2 aromatic rings. The summed E-state index contributed by atoms with van der Waals surface area (Å²) in [5.41, 5.74) is 3.41. The van der Waals surface area contributed by atoms with Gasteiger partial charge in [-0.1, -0.05) is 12.1 Å². The third-order valence-electron chi connectivity index (χ3n) is 3.19. The number of aromatic carboxylic acids is 1. The van der Waals surface area contributed by atoms with Crippen LogP contribution in [0.3, 0.4) is 0 Å². The second-order valence-electron chi connectivity index (χ2n) is 4.77. The number of benzene rings is 2. The molecule has 2 N–H and O–H groups in total. The minimum Gasteiger partial charge on any atom is -0.478 e. The van der Waals surface area contributed by atoms with E-state index < -0.39 is 5.97 Å². The van der Waals surface area contributed by atoms with Crippen LogP contribution in [0.5, 0.6) is 0 Å². The molecule has 0 heterocycles. The molecule has 0 bridgehead atoms. The first-order chi connectivity index (χ1) is 9.47. The van der Waals surface area contributed by atoms with Gasteiger partial charge in [-0.25, -0.2) is 9.18 Å². The van der Waals surface area contributed by atoms with Gasteiger partial charge < -0.3 is 10.4 Å². The maximum atomic E-state index is 13.4. The summed E-state index contributed by atoms with van der Waals surface area (Å²) < 4.78 is 13.4. The zero-order valence-corrected chi connectivity index (χ0v) is 11.4. The van der Waals surface area contributed by atoms with E-state index >= 15 is 0 Å². The van der Waals surface area contributed by atoms with Gasteiger partial charge in [-0.2, -0.15) is 0 Å². The smallest absolute Gasteiger partial charge is 0.335 e. The van der Waals surface area contributed by atoms with Gasteiger partial charge in [-0.15, -0.1) is 0 Å². The fraction of sp³-hybridized carbons (Fsp3) is 0.188. The predicted octanol–water partition coefficient (Wildman–Crippen LogP) is 3.75. The normalized spacial score (nSPS) is 10.3. The SMILES string of the molecule is Cc1ccc(CNc2ccc(C(=O)O)cc2C)cc1F. The van der Waals surface area contributed by atoms with Gasteiger partial charge in [0, 0.05) is 12.2 Å². The van der Waals surface area contributed by atoms with Crippen molar-refractivity contribution in [2.24, 2.45) is 0 Å². The molecule has 2 aromatic carbocycles. The number of hydrogen-bond acceptors (Lipinski definition) is 2. The molecule has 0 aliphatic carbocycles. The summed E-state index contributed by atoms with van der Waals surface area (Å²) in [4.78, 5) is 10.9. The number of carbonyl (C=O) groups is 1. The maximum absolute atomic E-state index is 13.4. The van der Waals surface area contributed by atoms with Crippen LogP contribution in [0, 0.1) is 19.7 Å². The summed E-state index contributed by atoms with van der Waals surface area (Å²) in [5, 5.41) is 12.1. The molecule has 0 saturated carbocycles. The molecular weight excluding hydrogens is 257 g/mol. The number of hydrogen-bond donors (Lipinski definition) is 2. The molecule has 0 aromatic heterocycles. The molecule has 0 unspecified atom stereocenters. The molecule has 0 amide bonds. The lowest BCUT2D eigenvalue weighted by Crippen LogP contribution is -2.03. The van der Waals surface area contributed by atoms with E-state index in [0.29, 0.717) is 12.1 Å². The molecule has 2 rings (SSSR count). The van der Waals surface area contributed by atoms with Gasteiger partial charge in [-0.05, 0) is 54.8 Å². The molecule has 0 atom stereocenters. The first-order valence-electron chi connectivity index (χ1n) is 6.30. The summed E-state index contributed by atoms with van der Waals surface area (Å²) in [6, 6.07) is 10.00. The highest BCUT2D eigenvalue weighted by Gasteiger charge is 2.06. The van der Waals surface area contributed by atoms with E-state index in [4.69, 9.17) is 5.11 Å². The van der Waals surface area contributed by atoms with E-state index in [0.717, 1.165) is 16.8 Å². The molecule has 4 heteroatoms. The van der Waals surface area contributed by atoms with Crippen molar-refractivity contribution in [2.75, 3.05) is 5.32 Å². The van der Waals surface area contributed by atoms with Crippen LogP contribution in [0.15, 0.2) is 36.4 Å². The molecule has 104 valence electrons. The summed E-state index contributed by atoms with van der Waals surface area (Å²) in [6.45, 7) is 4.05. The Morgan fingerprint density at radius 1 is 1.15 bits per heavy atom. The van der Waals surface area contributed by atoms with E-state index in [1.807, 2.05) is 13.0 Å². The van der Waals surface area contributed by atoms with Crippen LogP contribution < -0.4 is 5.32 Å². The van der Waals surface area contributed by atoms with Crippen molar-refractivity contribution in [3.05, 3.63) is 64.5 Å². The van der Waals surface area contributed by atoms with Crippen molar-refractivity contribution in [3.8, 4) is 0 Å². The topological polar surface area (TPSA) is 49.3 Å². The molecule has 0 spiro atoms. The minimum absolute atomic E-state index is 0.220. The quantitative estimate of drug-likeness (QED) is 0.891. The number of halogens is 1. The minimum atomic E-state index is -0.944. The fourth-order valence-electron chi connectivity index (χ4n) is 1.94. The first kappa shape index (κ1) is 14.1. The van der Waals surface area contributed by atoms with Crippen LogP contribution in [-0.2, 0) is 6.54 Å². The zero-order chi connectivity index (χ0) is 14.7. The Kier molecular flexibility index (Phi) is 4.03.